The van der Waals surface area contributed by atoms with Crippen LogP contribution in [0.2, 0.25) is 0 Å². The van der Waals surface area contributed by atoms with Crippen LogP contribution in [0.1, 0.15) is 65.4 Å². The maximum atomic E-state index is 12.0. The molecule has 2 rings (SSSR count). The predicted octanol–water partition coefficient (Wildman–Crippen LogP) is 5.87. The highest BCUT2D eigenvalue weighted by molar-refractivity contribution is 5.87. The molecule has 0 aromatic heterocycles. The lowest BCUT2D eigenvalue weighted by atomic mass is 9.62. The van der Waals surface area contributed by atoms with Crippen molar-refractivity contribution in [2.75, 3.05) is 0 Å². The quantitative estimate of drug-likeness (QED) is 0.482. The van der Waals surface area contributed by atoms with Gasteiger partial charge in [0.05, 0.1) is 6.10 Å². The molecule has 1 fully saturated rings. The molecule has 0 N–H and O–H groups in total. The number of carbonyl (C=O) groups excluding carboxylic acids is 1. The van der Waals surface area contributed by atoms with Gasteiger partial charge in [-0.05, 0) is 55.1 Å². The minimum Gasteiger partial charge on any atom is -0.460 e. The van der Waals surface area contributed by atoms with Gasteiger partial charge in [-0.15, -0.1) is 0 Å². The first kappa shape index (κ1) is 18.8. The van der Waals surface area contributed by atoms with Crippen molar-refractivity contribution in [3.63, 3.8) is 0 Å². The number of esters is 1. The highest BCUT2D eigenvalue weighted by Crippen LogP contribution is 2.46. The molecule has 1 aromatic carbocycles. The van der Waals surface area contributed by atoms with Crippen molar-refractivity contribution in [3.05, 3.63) is 42.0 Å². The second kappa shape index (κ2) is 8.50. The van der Waals surface area contributed by atoms with Gasteiger partial charge in [0.1, 0.15) is 0 Å². The molecule has 0 aliphatic heterocycles. The highest BCUT2D eigenvalue weighted by atomic mass is 16.5. The van der Waals surface area contributed by atoms with Crippen LogP contribution < -0.4 is 0 Å². The summed E-state index contributed by atoms with van der Waals surface area (Å²) in [6, 6.07) is 9.83. The standard InChI is InChI=1S/C22H32O2/c1-17-9-8-16-22(3,4)20(17)14-12-18(2)24-21(23)15-13-19-10-6-5-7-11-19/h5-7,10-11,13,15,17-18,20H,8-9,12,14,16H2,1-4H3. The molecule has 0 heterocycles. The van der Waals surface area contributed by atoms with E-state index in [9.17, 15) is 4.79 Å². The molecule has 2 nitrogen and oxygen atoms in total. The fraction of sp³-hybridized carbons (Fsp3) is 0.591. The van der Waals surface area contributed by atoms with E-state index in [1.54, 1.807) is 6.08 Å². The molecule has 0 spiro atoms. The van der Waals surface area contributed by atoms with Crippen molar-refractivity contribution in [2.45, 2.75) is 65.9 Å². The Bertz CT molecular complexity index is 544. The molecule has 24 heavy (non-hydrogen) atoms. The van der Waals surface area contributed by atoms with Gasteiger partial charge in [-0.1, -0.05) is 63.9 Å². The van der Waals surface area contributed by atoms with Gasteiger partial charge in [0, 0.05) is 6.08 Å². The van der Waals surface area contributed by atoms with Gasteiger partial charge in [0.25, 0.3) is 0 Å². The second-order valence-electron chi connectivity index (χ2n) is 8.03. The lowest BCUT2D eigenvalue weighted by Gasteiger charge is -2.43. The molecule has 1 aliphatic rings. The number of carbonyl (C=O) groups is 1. The smallest absolute Gasteiger partial charge is 0.331 e. The van der Waals surface area contributed by atoms with Gasteiger partial charge in [0.2, 0.25) is 0 Å². The van der Waals surface area contributed by atoms with Gasteiger partial charge < -0.3 is 4.74 Å². The number of hydrogen-bond donors (Lipinski definition) is 0. The number of benzene rings is 1. The molecule has 0 bridgehead atoms. The summed E-state index contributed by atoms with van der Waals surface area (Å²) in [5, 5.41) is 0. The summed E-state index contributed by atoms with van der Waals surface area (Å²) in [5.74, 6) is 1.25. The van der Waals surface area contributed by atoms with E-state index in [4.69, 9.17) is 4.74 Å². The minimum absolute atomic E-state index is 0.0251. The van der Waals surface area contributed by atoms with Crippen LogP contribution in [0.15, 0.2) is 36.4 Å². The first-order valence-electron chi connectivity index (χ1n) is 9.32. The van der Waals surface area contributed by atoms with Crippen LogP contribution in [-0.4, -0.2) is 12.1 Å². The van der Waals surface area contributed by atoms with Gasteiger partial charge in [0.15, 0.2) is 0 Å². The van der Waals surface area contributed by atoms with Gasteiger partial charge in [-0.25, -0.2) is 4.79 Å². The Hall–Kier alpha value is -1.57. The molecular weight excluding hydrogens is 296 g/mol. The normalized spacial score (nSPS) is 24.7. The third-order valence-electron chi connectivity index (χ3n) is 5.58. The summed E-state index contributed by atoms with van der Waals surface area (Å²) >= 11 is 0. The third kappa shape index (κ3) is 5.51. The second-order valence-corrected chi connectivity index (χ2v) is 8.03. The zero-order chi connectivity index (χ0) is 17.6. The van der Waals surface area contributed by atoms with Gasteiger partial charge in [-0.3, -0.25) is 0 Å². The minimum atomic E-state index is -0.248. The monoisotopic (exact) mass is 328 g/mol. The fourth-order valence-corrected chi connectivity index (χ4v) is 4.15. The third-order valence-corrected chi connectivity index (χ3v) is 5.58. The topological polar surface area (TPSA) is 26.3 Å². The maximum absolute atomic E-state index is 12.0. The Morgan fingerprint density at radius 3 is 2.71 bits per heavy atom. The first-order valence-corrected chi connectivity index (χ1v) is 9.32. The average molecular weight is 328 g/mol. The van der Waals surface area contributed by atoms with E-state index in [-0.39, 0.29) is 12.1 Å². The lowest BCUT2D eigenvalue weighted by molar-refractivity contribution is -0.142. The largest absolute Gasteiger partial charge is 0.460 e. The van der Waals surface area contributed by atoms with Crippen LogP contribution in [0.25, 0.3) is 6.08 Å². The number of hydrogen-bond acceptors (Lipinski definition) is 2. The van der Waals surface area contributed by atoms with Crippen LogP contribution >= 0.6 is 0 Å². The molecule has 0 saturated heterocycles. The van der Waals surface area contributed by atoms with E-state index in [0.29, 0.717) is 5.41 Å². The summed E-state index contributed by atoms with van der Waals surface area (Å²) in [7, 11) is 0. The predicted molar refractivity (Wildman–Crippen MR) is 101 cm³/mol. The SMILES string of the molecule is CC(CCC1C(C)CCCC1(C)C)OC(=O)C=Cc1ccccc1. The summed E-state index contributed by atoms with van der Waals surface area (Å²) in [5.41, 5.74) is 1.43. The summed E-state index contributed by atoms with van der Waals surface area (Å²) in [4.78, 5) is 12.0. The van der Waals surface area contributed by atoms with Crippen molar-refractivity contribution in [2.24, 2.45) is 17.3 Å². The van der Waals surface area contributed by atoms with Crippen LogP contribution in [0, 0.1) is 17.3 Å². The van der Waals surface area contributed by atoms with Crippen LogP contribution in [0.4, 0.5) is 0 Å². The molecule has 2 heteroatoms. The van der Waals surface area contributed by atoms with Crippen molar-refractivity contribution in [3.8, 4) is 0 Å². The molecule has 3 unspecified atom stereocenters. The maximum Gasteiger partial charge on any atom is 0.331 e. The molecule has 0 amide bonds. The Morgan fingerprint density at radius 2 is 2.04 bits per heavy atom. The molecule has 0 radical (unpaired) electrons. The van der Waals surface area contributed by atoms with Crippen LogP contribution in [0.5, 0.6) is 0 Å². The molecular formula is C22H32O2. The summed E-state index contributed by atoms with van der Waals surface area (Å²) in [6.45, 7) is 9.18. The Kier molecular flexibility index (Phi) is 6.65. The van der Waals surface area contributed by atoms with Crippen molar-refractivity contribution in [1.29, 1.82) is 0 Å². The summed E-state index contributed by atoms with van der Waals surface area (Å²) < 4.78 is 5.54. The van der Waals surface area contributed by atoms with Crippen molar-refractivity contribution >= 4 is 12.0 Å². The molecule has 1 saturated carbocycles. The number of ether oxygens (including phenoxy) is 1. The van der Waals surface area contributed by atoms with E-state index in [0.717, 1.165) is 30.2 Å². The van der Waals surface area contributed by atoms with E-state index in [1.807, 2.05) is 37.3 Å². The van der Waals surface area contributed by atoms with E-state index in [2.05, 4.69) is 20.8 Å². The van der Waals surface area contributed by atoms with E-state index >= 15 is 0 Å². The molecule has 132 valence electrons. The van der Waals surface area contributed by atoms with E-state index < -0.39 is 0 Å². The molecule has 3 atom stereocenters. The zero-order valence-corrected chi connectivity index (χ0v) is 15.6. The Balaban J connectivity index is 1.79. The Morgan fingerprint density at radius 1 is 1.33 bits per heavy atom. The van der Waals surface area contributed by atoms with Crippen LogP contribution in [0.3, 0.4) is 0 Å². The van der Waals surface area contributed by atoms with E-state index in [1.165, 1.54) is 25.3 Å². The molecule has 1 aromatic rings. The lowest BCUT2D eigenvalue weighted by Crippen LogP contribution is -2.34. The summed E-state index contributed by atoms with van der Waals surface area (Å²) in [6.07, 6.45) is 9.40. The Labute approximate surface area is 147 Å². The van der Waals surface area contributed by atoms with Crippen molar-refractivity contribution < 1.29 is 9.53 Å². The fourth-order valence-electron chi connectivity index (χ4n) is 4.15. The number of rotatable bonds is 6. The van der Waals surface area contributed by atoms with Crippen LogP contribution in [-0.2, 0) is 9.53 Å². The first-order chi connectivity index (χ1) is 11.4. The van der Waals surface area contributed by atoms with Gasteiger partial charge in [-0.2, -0.15) is 0 Å². The average Bonchev–Trinajstić information content (AvgIpc) is 2.53. The van der Waals surface area contributed by atoms with Gasteiger partial charge >= 0.3 is 5.97 Å². The van der Waals surface area contributed by atoms with Crippen molar-refractivity contribution in [1.82, 2.24) is 0 Å². The highest BCUT2D eigenvalue weighted by Gasteiger charge is 2.36. The zero-order valence-electron chi connectivity index (χ0n) is 15.6. The molecule has 1 aliphatic carbocycles.